The van der Waals surface area contributed by atoms with Crippen molar-refractivity contribution in [3.63, 3.8) is 0 Å². The number of carbonyl (C=O) groups excluding carboxylic acids is 1. The number of hydrogen-bond donors (Lipinski definition) is 2. The number of rotatable bonds is 7. The second-order valence-corrected chi connectivity index (χ2v) is 6.71. The van der Waals surface area contributed by atoms with Crippen LogP contribution >= 0.6 is 23.8 Å². The molecule has 2 rings (SSSR count). The van der Waals surface area contributed by atoms with Gasteiger partial charge in [-0.15, -0.1) is 0 Å². The summed E-state index contributed by atoms with van der Waals surface area (Å²) in [6.07, 6.45) is 1.92. The van der Waals surface area contributed by atoms with Crippen molar-refractivity contribution in [2.75, 3.05) is 18.5 Å². The lowest BCUT2D eigenvalue weighted by Gasteiger charge is -2.13. The summed E-state index contributed by atoms with van der Waals surface area (Å²) in [6.45, 7) is 4.85. The standard InChI is InChI=1S/C20H23ClN2O2S/c1-3-25-19(24)16-8-11-18(14(2)13-16)23-20(26)22-12-4-5-15-6-9-17(21)10-7-15/h6-11,13H,3-5,12H2,1-2H3,(H2,22,23,26). The molecule has 0 aliphatic heterocycles. The summed E-state index contributed by atoms with van der Waals surface area (Å²) in [7, 11) is 0. The Hall–Kier alpha value is -2.11. The first-order valence-corrected chi connectivity index (χ1v) is 9.35. The quantitative estimate of drug-likeness (QED) is 0.406. The lowest BCUT2D eigenvalue weighted by molar-refractivity contribution is 0.0526. The monoisotopic (exact) mass is 390 g/mol. The summed E-state index contributed by atoms with van der Waals surface area (Å²) in [5, 5.41) is 7.68. The summed E-state index contributed by atoms with van der Waals surface area (Å²) in [6, 6.07) is 13.2. The summed E-state index contributed by atoms with van der Waals surface area (Å²) in [5.74, 6) is -0.315. The average molecular weight is 391 g/mol. The van der Waals surface area contributed by atoms with Gasteiger partial charge in [0.05, 0.1) is 12.2 Å². The van der Waals surface area contributed by atoms with Gasteiger partial charge in [-0.3, -0.25) is 0 Å². The van der Waals surface area contributed by atoms with Crippen LogP contribution in [0.15, 0.2) is 42.5 Å². The van der Waals surface area contributed by atoms with Crippen LogP contribution in [-0.4, -0.2) is 24.2 Å². The number of halogens is 1. The van der Waals surface area contributed by atoms with E-state index in [4.69, 9.17) is 28.6 Å². The average Bonchev–Trinajstić information content (AvgIpc) is 2.62. The third-order valence-electron chi connectivity index (χ3n) is 3.83. The van der Waals surface area contributed by atoms with Crippen molar-refractivity contribution >= 4 is 40.6 Å². The number of benzene rings is 2. The van der Waals surface area contributed by atoms with Gasteiger partial charge >= 0.3 is 5.97 Å². The van der Waals surface area contributed by atoms with Crippen molar-refractivity contribution < 1.29 is 9.53 Å². The fraction of sp³-hybridized carbons (Fsp3) is 0.300. The number of carbonyl (C=O) groups is 1. The molecule has 0 bridgehead atoms. The minimum Gasteiger partial charge on any atom is -0.462 e. The number of thiocarbonyl (C=S) groups is 1. The predicted molar refractivity (Wildman–Crippen MR) is 111 cm³/mol. The van der Waals surface area contributed by atoms with Gasteiger partial charge in [-0.1, -0.05) is 23.7 Å². The third-order valence-corrected chi connectivity index (χ3v) is 4.33. The van der Waals surface area contributed by atoms with Crippen molar-refractivity contribution in [2.24, 2.45) is 0 Å². The van der Waals surface area contributed by atoms with E-state index in [1.807, 2.05) is 37.3 Å². The molecule has 2 aromatic rings. The zero-order valence-electron chi connectivity index (χ0n) is 15.0. The highest BCUT2D eigenvalue weighted by Crippen LogP contribution is 2.17. The molecule has 26 heavy (non-hydrogen) atoms. The number of anilines is 1. The molecule has 2 aromatic carbocycles. The van der Waals surface area contributed by atoms with Gasteiger partial charge < -0.3 is 15.4 Å². The van der Waals surface area contributed by atoms with E-state index in [9.17, 15) is 4.79 Å². The second-order valence-electron chi connectivity index (χ2n) is 5.86. The van der Waals surface area contributed by atoms with Crippen molar-refractivity contribution in [2.45, 2.75) is 26.7 Å². The number of nitrogens with one attached hydrogen (secondary N) is 2. The van der Waals surface area contributed by atoms with Gasteiger partial charge in [0.2, 0.25) is 0 Å². The predicted octanol–water partition coefficient (Wildman–Crippen LogP) is 4.74. The molecule has 138 valence electrons. The van der Waals surface area contributed by atoms with E-state index in [0.717, 1.165) is 35.7 Å². The minimum atomic E-state index is -0.315. The van der Waals surface area contributed by atoms with Crippen molar-refractivity contribution in [3.8, 4) is 0 Å². The molecule has 0 saturated carbocycles. The molecule has 0 saturated heterocycles. The molecule has 2 N–H and O–H groups in total. The number of ether oxygens (including phenoxy) is 1. The van der Waals surface area contributed by atoms with E-state index in [1.165, 1.54) is 5.56 Å². The molecule has 0 fully saturated rings. The fourth-order valence-electron chi connectivity index (χ4n) is 2.46. The van der Waals surface area contributed by atoms with Crippen LogP contribution < -0.4 is 10.6 Å². The van der Waals surface area contributed by atoms with E-state index < -0.39 is 0 Å². The van der Waals surface area contributed by atoms with Gasteiger partial charge in [-0.25, -0.2) is 4.79 Å². The van der Waals surface area contributed by atoms with Crippen LogP contribution in [0.2, 0.25) is 5.02 Å². The minimum absolute atomic E-state index is 0.315. The first-order chi connectivity index (χ1) is 12.5. The Labute approximate surface area is 164 Å². The number of aryl methyl sites for hydroxylation is 2. The summed E-state index contributed by atoms with van der Waals surface area (Å²) in [5.41, 5.74) is 3.59. The van der Waals surface area contributed by atoms with E-state index in [2.05, 4.69) is 10.6 Å². The first-order valence-electron chi connectivity index (χ1n) is 8.56. The van der Waals surface area contributed by atoms with E-state index in [-0.39, 0.29) is 5.97 Å². The van der Waals surface area contributed by atoms with Gasteiger partial charge in [-0.05, 0) is 80.4 Å². The molecule has 6 heteroatoms. The maximum atomic E-state index is 11.8. The Balaban J connectivity index is 1.78. The van der Waals surface area contributed by atoms with Crippen LogP contribution in [0.25, 0.3) is 0 Å². The molecule has 0 spiro atoms. The fourth-order valence-corrected chi connectivity index (χ4v) is 2.80. The Bertz CT molecular complexity index is 763. The normalized spacial score (nSPS) is 10.3. The molecule has 0 radical (unpaired) electrons. The Morgan fingerprint density at radius 1 is 1.19 bits per heavy atom. The molecule has 0 unspecified atom stereocenters. The van der Waals surface area contributed by atoms with Crippen LogP contribution in [0.3, 0.4) is 0 Å². The summed E-state index contributed by atoms with van der Waals surface area (Å²) in [4.78, 5) is 11.8. The summed E-state index contributed by atoms with van der Waals surface area (Å²) < 4.78 is 5.01. The zero-order chi connectivity index (χ0) is 18.9. The van der Waals surface area contributed by atoms with E-state index in [0.29, 0.717) is 17.3 Å². The molecule has 0 amide bonds. The van der Waals surface area contributed by atoms with Gasteiger partial charge in [0, 0.05) is 17.3 Å². The third kappa shape index (κ3) is 6.32. The highest BCUT2D eigenvalue weighted by atomic mass is 35.5. The van der Waals surface area contributed by atoms with Crippen LogP contribution in [0.1, 0.15) is 34.8 Å². The number of hydrogen-bond acceptors (Lipinski definition) is 3. The molecule has 0 atom stereocenters. The zero-order valence-corrected chi connectivity index (χ0v) is 16.5. The molecule has 0 heterocycles. The molecular formula is C20H23ClN2O2S. The molecule has 4 nitrogen and oxygen atoms in total. The smallest absolute Gasteiger partial charge is 0.338 e. The maximum Gasteiger partial charge on any atom is 0.338 e. The molecule has 0 aromatic heterocycles. The SMILES string of the molecule is CCOC(=O)c1ccc(NC(=S)NCCCc2ccc(Cl)cc2)c(C)c1. The largest absolute Gasteiger partial charge is 0.462 e. The highest BCUT2D eigenvalue weighted by molar-refractivity contribution is 7.80. The topological polar surface area (TPSA) is 50.4 Å². The summed E-state index contributed by atoms with van der Waals surface area (Å²) >= 11 is 11.2. The van der Waals surface area contributed by atoms with Gasteiger partial charge in [0.25, 0.3) is 0 Å². The number of esters is 1. The lowest BCUT2D eigenvalue weighted by Crippen LogP contribution is -2.29. The van der Waals surface area contributed by atoms with Crippen molar-refractivity contribution in [3.05, 3.63) is 64.2 Å². The van der Waals surface area contributed by atoms with Crippen LogP contribution in [0.4, 0.5) is 5.69 Å². The van der Waals surface area contributed by atoms with Crippen LogP contribution in [-0.2, 0) is 11.2 Å². The maximum absolute atomic E-state index is 11.8. The highest BCUT2D eigenvalue weighted by Gasteiger charge is 2.09. The van der Waals surface area contributed by atoms with Gasteiger partial charge in [0.15, 0.2) is 5.11 Å². The van der Waals surface area contributed by atoms with Crippen LogP contribution in [0.5, 0.6) is 0 Å². The second kappa shape index (κ2) is 10.1. The molecule has 0 aliphatic rings. The van der Waals surface area contributed by atoms with Crippen LogP contribution in [0, 0.1) is 6.92 Å². The van der Waals surface area contributed by atoms with Crippen molar-refractivity contribution in [1.29, 1.82) is 0 Å². The Morgan fingerprint density at radius 2 is 1.92 bits per heavy atom. The van der Waals surface area contributed by atoms with E-state index >= 15 is 0 Å². The van der Waals surface area contributed by atoms with E-state index in [1.54, 1.807) is 19.1 Å². The Kier molecular flexibility index (Phi) is 7.88. The molecular weight excluding hydrogens is 368 g/mol. The van der Waals surface area contributed by atoms with Gasteiger partial charge in [-0.2, -0.15) is 0 Å². The molecule has 0 aliphatic carbocycles. The Morgan fingerprint density at radius 3 is 2.58 bits per heavy atom. The van der Waals surface area contributed by atoms with Crippen molar-refractivity contribution in [1.82, 2.24) is 5.32 Å². The lowest BCUT2D eigenvalue weighted by atomic mass is 10.1. The first kappa shape index (κ1) is 20.2. The van der Waals surface area contributed by atoms with Gasteiger partial charge in [0.1, 0.15) is 0 Å².